The predicted octanol–water partition coefficient (Wildman–Crippen LogP) is 2.30. The summed E-state index contributed by atoms with van der Waals surface area (Å²) in [6.45, 7) is 5.90. The van der Waals surface area contributed by atoms with E-state index in [2.05, 4.69) is 4.98 Å². The van der Waals surface area contributed by atoms with Crippen molar-refractivity contribution < 1.29 is 19.1 Å². The Hall–Kier alpha value is -2.77. The first-order valence-electron chi connectivity index (χ1n) is 8.96. The first kappa shape index (κ1) is 19.0. The minimum atomic E-state index is -0.659. The fraction of sp³-hybridized carbons (Fsp3) is 0.526. The fourth-order valence-electron chi connectivity index (χ4n) is 3.53. The van der Waals surface area contributed by atoms with Gasteiger partial charge in [-0.1, -0.05) is 12.1 Å². The maximum Gasteiger partial charge on any atom is 0.410 e. The number of imidazole rings is 1. The molecule has 0 radical (unpaired) electrons. The lowest BCUT2D eigenvalue weighted by Crippen LogP contribution is -2.49. The van der Waals surface area contributed by atoms with E-state index in [1.807, 2.05) is 24.3 Å². The summed E-state index contributed by atoms with van der Waals surface area (Å²) in [5.41, 5.74) is 0.538. The van der Waals surface area contributed by atoms with Crippen molar-refractivity contribution in [2.24, 2.45) is 5.92 Å². The van der Waals surface area contributed by atoms with Gasteiger partial charge in [0.2, 0.25) is 0 Å². The number of hydrogen-bond donors (Lipinski definition) is 1. The number of nitrogens with zero attached hydrogens (tertiary/aromatic N) is 2. The zero-order chi connectivity index (χ0) is 19.8. The minimum absolute atomic E-state index is 0.137. The van der Waals surface area contributed by atoms with E-state index < -0.39 is 29.6 Å². The number of likely N-dealkylation sites (tertiary alicyclic amines) is 1. The molecule has 146 valence electrons. The van der Waals surface area contributed by atoms with Crippen LogP contribution in [0.5, 0.6) is 0 Å². The standard InChI is InChI=1S/C19H25N3O5/c1-19(2,3)27-18(25)21-10-9-14(12(11-21)16(23)26-4)22-15-8-6-5-7-13(15)20-17(22)24/h5-8,12,14H,9-11H2,1-4H3,(H,20,24)/t12-,14+/m0/s1. The van der Waals surface area contributed by atoms with Gasteiger partial charge in [-0.25, -0.2) is 9.59 Å². The number of carbonyl (C=O) groups is 2. The van der Waals surface area contributed by atoms with Crippen molar-refractivity contribution in [1.82, 2.24) is 14.5 Å². The first-order chi connectivity index (χ1) is 12.7. The van der Waals surface area contributed by atoms with Gasteiger partial charge >= 0.3 is 17.8 Å². The van der Waals surface area contributed by atoms with Gasteiger partial charge in [0.05, 0.1) is 30.1 Å². The molecule has 1 N–H and O–H groups in total. The van der Waals surface area contributed by atoms with Crippen LogP contribution < -0.4 is 5.69 Å². The number of hydrogen-bond acceptors (Lipinski definition) is 5. The van der Waals surface area contributed by atoms with E-state index in [0.29, 0.717) is 18.5 Å². The average Bonchev–Trinajstić information content (AvgIpc) is 2.94. The Balaban J connectivity index is 1.92. The molecule has 8 nitrogen and oxygen atoms in total. The number of fused-ring (bicyclic) bond motifs is 1. The summed E-state index contributed by atoms with van der Waals surface area (Å²) in [5, 5.41) is 0. The van der Waals surface area contributed by atoms with Crippen LogP contribution in [0.2, 0.25) is 0 Å². The average molecular weight is 375 g/mol. The molecule has 1 aromatic heterocycles. The second-order valence-corrected chi connectivity index (χ2v) is 7.73. The van der Waals surface area contributed by atoms with Crippen LogP contribution in [0.15, 0.2) is 29.1 Å². The topological polar surface area (TPSA) is 93.6 Å². The van der Waals surface area contributed by atoms with Gasteiger partial charge in [-0.2, -0.15) is 0 Å². The van der Waals surface area contributed by atoms with Crippen LogP contribution in [0.3, 0.4) is 0 Å². The van der Waals surface area contributed by atoms with E-state index in [0.717, 1.165) is 5.52 Å². The fourth-order valence-corrected chi connectivity index (χ4v) is 3.53. The molecule has 27 heavy (non-hydrogen) atoms. The number of carbonyl (C=O) groups excluding carboxylic acids is 2. The van der Waals surface area contributed by atoms with E-state index in [-0.39, 0.29) is 12.2 Å². The number of rotatable bonds is 2. The van der Waals surface area contributed by atoms with E-state index in [1.54, 1.807) is 25.3 Å². The van der Waals surface area contributed by atoms with Crippen LogP contribution in [0.4, 0.5) is 4.79 Å². The van der Waals surface area contributed by atoms with Crippen LogP contribution in [-0.4, -0.2) is 52.3 Å². The number of methoxy groups -OCH3 is 1. The summed E-state index contributed by atoms with van der Waals surface area (Å²) < 4.78 is 12.0. The Kier molecular flexibility index (Phi) is 4.99. The molecular formula is C19H25N3O5. The van der Waals surface area contributed by atoms with Crippen molar-refractivity contribution in [2.45, 2.75) is 38.8 Å². The van der Waals surface area contributed by atoms with Gasteiger partial charge in [0, 0.05) is 13.1 Å². The summed E-state index contributed by atoms with van der Waals surface area (Å²) in [4.78, 5) is 41.7. The molecule has 0 unspecified atom stereocenters. The van der Waals surface area contributed by atoms with Crippen molar-refractivity contribution in [2.75, 3.05) is 20.2 Å². The smallest absolute Gasteiger partial charge is 0.410 e. The SMILES string of the molecule is COC(=O)[C@H]1CN(C(=O)OC(C)(C)C)CC[C@H]1n1c(=O)[nH]c2ccccc21. The maximum absolute atomic E-state index is 12.5. The second kappa shape index (κ2) is 7.09. The highest BCUT2D eigenvalue weighted by Gasteiger charge is 2.40. The van der Waals surface area contributed by atoms with Crippen LogP contribution in [-0.2, 0) is 14.3 Å². The molecular weight excluding hydrogens is 350 g/mol. The Morgan fingerprint density at radius 3 is 2.59 bits per heavy atom. The molecule has 0 aliphatic carbocycles. The van der Waals surface area contributed by atoms with Crippen molar-refractivity contribution in [3.05, 3.63) is 34.7 Å². The lowest BCUT2D eigenvalue weighted by molar-refractivity contribution is -0.149. The second-order valence-electron chi connectivity index (χ2n) is 7.73. The first-order valence-corrected chi connectivity index (χ1v) is 8.96. The van der Waals surface area contributed by atoms with Crippen LogP contribution in [0, 0.1) is 5.92 Å². The highest BCUT2D eigenvalue weighted by atomic mass is 16.6. The predicted molar refractivity (Wildman–Crippen MR) is 99.5 cm³/mol. The summed E-state index contributed by atoms with van der Waals surface area (Å²) in [5.74, 6) is -1.11. The summed E-state index contributed by atoms with van der Waals surface area (Å²) in [6, 6.07) is 6.93. The number of esters is 1. The third-order valence-electron chi connectivity index (χ3n) is 4.69. The van der Waals surface area contributed by atoms with Crippen molar-refractivity contribution in [3.63, 3.8) is 0 Å². The number of amides is 1. The largest absolute Gasteiger partial charge is 0.469 e. The number of aromatic amines is 1. The molecule has 0 spiro atoms. The van der Waals surface area contributed by atoms with Gasteiger partial charge in [0.15, 0.2) is 0 Å². The Bertz CT molecular complexity index is 908. The van der Waals surface area contributed by atoms with E-state index in [1.165, 1.54) is 12.0 Å². The van der Waals surface area contributed by atoms with Gasteiger partial charge in [-0.15, -0.1) is 0 Å². The monoisotopic (exact) mass is 375 g/mol. The molecule has 1 amide bonds. The molecule has 1 aliphatic heterocycles. The summed E-state index contributed by atoms with van der Waals surface area (Å²) >= 11 is 0. The van der Waals surface area contributed by atoms with Crippen LogP contribution >= 0.6 is 0 Å². The van der Waals surface area contributed by atoms with Crippen molar-refractivity contribution in [1.29, 1.82) is 0 Å². The Labute approximate surface area is 157 Å². The molecule has 2 aromatic rings. The molecule has 1 saturated heterocycles. The van der Waals surface area contributed by atoms with E-state index in [9.17, 15) is 14.4 Å². The number of aromatic nitrogens is 2. The normalized spacial score (nSPS) is 20.5. The molecule has 1 fully saturated rings. The number of piperidine rings is 1. The molecule has 1 aromatic carbocycles. The van der Waals surface area contributed by atoms with Gasteiger partial charge in [-0.3, -0.25) is 9.36 Å². The summed E-state index contributed by atoms with van der Waals surface area (Å²) in [6.07, 6.45) is -0.0260. The van der Waals surface area contributed by atoms with Gasteiger partial charge in [0.25, 0.3) is 0 Å². The lowest BCUT2D eigenvalue weighted by Gasteiger charge is -2.38. The highest BCUT2D eigenvalue weighted by Crippen LogP contribution is 2.31. The third kappa shape index (κ3) is 3.84. The molecule has 2 heterocycles. The number of para-hydroxylation sites is 2. The molecule has 8 heteroatoms. The molecule has 3 rings (SSSR count). The number of nitrogens with one attached hydrogen (secondary N) is 1. The highest BCUT2D eigenvalue weighted by molar-refractivity contribution is 5.78. The Morgan fingerprint density at radius 2 is 1.93 bits per heavy atom. The van der Waals surface area contributed by atoms with Gasteiger partial charge in [0.1, 0.15) is 5.60 Å². The zero-order valence-corrected chi connectivity index (χ0v) is 16.0. The van der Waals surface area contributed by atoms with Crippen LogP contribution in [0.25, 0.3) is 11.0 Å². The molecule has 2 atom stereocenters. The maximum atomic E-state index is 12.5. The number of benzene rings is 1. The molecule has 0 bridgehead atoms. The van der Waals surface area contributed by atoms with E-state index >= 15 is 0 Å². The zero-order valence-electron chi connectivity index (χ0n) is 16.0. The molecule has 1 aliphatic rings. The molecule has 0 saturated carbocycles. The number of H-pyrrole nitrogens is 1. The quantitative estimate of drug-likeness (QED) is 0.813. The summed E-state index contributed by atoms with van der Waals surface area (Å²) in [7, 11) is 1.31. The van der Waals surface area contributed by atoms with Crippen molar-refractivity contribution in [3.8, 4) is 0 Å². The lowest BCUT2D eigenvalue weighted by atomic mass is 9.91. The van der Waals surface area contributed by atoms with Gasteiger partial charge in [-0.05, 0) is 39.3 Å². The van der Waals surface area contributed by atoms with Gasteiger partial charge < -0.3 is 19.4 Å². The minimum Gasteiger partial charge on any atom is -0.469 e. The van der Waals surface area contributed by atoms with Crippen LogP contribution in [0.1, 0.15) is 33.2 Å². The third-order valence-corrected chi connectivity index (χ3v) is 4.69. The van der Waals surface area contributed by atoms with E-state index in [4.69, 9.17) is 9.47 Å². The Morgan fingerprint density at radius 1 is 1.22 bits per heavy atom. The van der Waals surface area contributed by atoms with Crippen molar-refractivity contribution >= 4 is 23.1 Å². The number of ether oxygens (including phenoxy) is 2.